The lowest BCUT2D eigenvalue weighted by Crippen LogP contribution is -2.31. The summed E-state index contributed by atoms with van der Waals surface area (Å²) in [7, 11) is -3.21. The standard InChI is InChI=1S/C12H16N2O2S/c1-3-14(17(15,16)4-2)10-12-8-6-5-7-11(12)9-13/h5-8H,3-4,10H2,1-2H3. The van der Waals surface area contributed by atoms with Gasteiger partial charge in [0.25, 0.3) is 0 Å². The van der Waals surface area contributed by atoms with E-state index in [1.165, 1.54) is 4.31 Å². The average molecular weight is 252 g/mol. The molecular weight excluding hydrogens is 236 g/mol. The van der Waals surface area contributed by atoms with Crippen molar-refractivity contribution in [1.82, 2.24) is 4.31 Å². The Morgan fingerprint density at radius 3 is 2.47 bits per heavy atom. The third kappa shape index (κ3) is 3.29. The van der Waals surface area contributed by atoms with Crippen molar-refractivity contribution in [3.63, 3.8) is 0 Å². The van der Waals surface area contributed by atoms with E-state index >= 15 is 0 Å². The summed E-state index contributed by atoms with van der Waals surface area (Å²) >= 11 is 0. The molecule has 1 rings (SSSR count). The maximum absolute atomic E-state index is 11.8. The summed E-state index contributed by atoms with van der Waals surface area (Å²) in [6, 6.07) is 9.13. The van der Waals surface area contributed by atoms with Crippen LogP contribution in [-0.2, 0) is 16.6 Å². The quantitative estimate of drug-likeness (QED) is 0.801. The summed E-state index contributed by atoms with van der Waals surface area (Å²) in [4.78, 5) is 0. The first-order valence-corrected chi connectivity index (χ1v) is 7.11. The van der Waals surface area contributed by atoms with Gasteiger partial charge in [0.05, 0.1) is 17.4 Å². The zero-order chi connectivity index (χ0) is 12.9. The highest BCUT2D eigenvalue weighted by Gasteiger charge is 2.19. The van der Waals surface area contributed by atoms with Gasteiger partial charge in [-0.1, -0.05) is 25.1 Å². The van der Waals surface area contributed by atoms with Crippen LogP contribution in [0, 0.1) is 11.3 Å². The van der Waals surface area contributed by atoms with Gasteiger partial charge in [-0.2, -0.15) is 9.57 Å². The first-order chi connectivity index (χ1) is 8.05. The first kappa shape index (κ1) is 13.7. The fraction of sp³-hybridized carbons (Fsp3) is 0.417. The smallest absolute Gasteiger partial charge is 0.212 e. The molecule has 0 aliphatic carbocycles. The highest BCUT2D eigenvalue weighted by atomic mass is 32.2. The lowest BCUT2D eigenvalue weighted by molar-refractivity contribution is 0.424. The second-order valence-electron chi connectivity index (χ2n) is 3.60. The number of benzene rings is 1. The van der Waals surface area contributed by atoms with Gasteiger partial charge >= 0.3 is 0 Å². The number of hydrogen-bond donors (Lipinski definition) is 0. The van der Waals surface area contributed by atoms with Gasteiger partial charge in [-0.05, 0) is 18.6 Å². The number of hydrogen-bond acceptors (Lipinski definition) is 3. The monoisotopic (exact) mass is 252 g/mol. The molecule has 0 amide bonds. The molecule has 0 atom stereocenters. The summed E-state index contributed by atoms with van der Waals surface area (Å²) in [6.07, 6.45) is 0. The SMILES string of the molecule is CCN(Cc1ccccc1C#N)S(=O)(=O)CC. The Bertz CT molecular complexity index is 518. The second-order valence-corrected chi connectivity index (χ2v) is 5.85. The molecule has 0 fully saturated rings. The highest BCUT2D eigenvalue weighted by molar-refractivity contribution is 7.89. The number of nitriles is 1. The normalized spacial score (nSPS) is 11.4. The molecule has 1 aromatic carbocycles. The fourth-order valence-corrected chi connectivity index (χ4v) is 2.64. The fourth-order valence-electron chi connectivity index (χ4n) is 1.55. The Labute approximate surface area is 103 Å². The average Bonchev–Trinajstić information content (AvgIpc) is 2.36. The lowest BCUT2D eigenvalue weighted by Gasteiger charge is -2.20. The van der Waals surface area contributed by atoms with Crippen LogP contribution in [0.2, 0.25) is 0 Å². The van der Waals surface area contributed by atoms with Crippen molar-refractivity contribution in [2.75, 3.05) is 12.3 Å². The van der Waals surface area contributed by atoms with Crippen LogP contribution >= 0.6 is 0 Å². The van der Waals surface area contributed by atoms with Crippen molar-refractivity contribution < 1.29 is 8.42 Å². The van der Waals surface area contributed by atoms with Gasteiger partial charge in [-0.25, -0.2) is 8.42 Å². The van der Waals surface area contributed by atoms with E-state index < -0.39 is 10.0 Å². The Morgan fingerprint density at radius 2 is 1.94 bits per heavy atom. The molecule has 4 nitrogen and oxygen atoms in total. The van der Waals surface area contributed by atoms with Crippen molar-refractivity contribution in [1.29, 1.82) is 5.26 Å². The highest BCUT2D eigenvalue weighted by Crippen LogP contribution is 2.13. The zero-order valence-electron chi connectivity index (χ0n) is 10.0. The molecule has 0 unspecified atom stereocenters. The lowest BCUT2D eigenvalue weighted by atomic mass is 10.1. The van der Waals surface area contributed by atoms with Crippen molar-refractivity contribution in [2.45, 2.75) is 20.4 Å². The van der Waals surface area contributed by atoms with Crippen LogP contribution < -0.4 is 0 Å². The van der Waals surface area contributed by atoms with Crippen LogP contribution in [0.1, 0.15) is 25.0 Å². The van der Waals surface area contributed by atoms with E-state index in [4.69, 9.17) is 5.26 Å². The molecule has 0 aromatic heterocycles. The van der Waals surface area contributed by atoms with Crippen molar-refractivity contribution in [2.24, 2.45) is 0 Å². The molecule has 0 heterocycles. The molecule has 0 spiro atoms. The van der Waals surface area contributed by atoms with E-state index in [0.29, 0.717) is 12.1 Å². The minimum atomic E-state index is -3.21. The van der Waals surface area contributed by atoms with Gasteiger partial charge in [0.15, 0.2) is 0 Å². The molecule has 1 aromatic rings. The number of nitrogens with zero attached hydrogens (tertiary/aromatic N) is 2. The number of sulfonamides is 1. The molecule has 0 N–H and O–H groups in total. The first-order valence-electron chi connectivity index (χ1n) is 5.51. The molecule has 0 saturated heterocycles. The van der Waals surface area contributed by atoms with Gasteiger partial charge in [0.1, 0.15) is 0 Å². The second kappa shape index (κ2) is 5.80. The third-order valence-corrected chi connectivity index (χ3v) is 4.50. The minimum absolute atomic E-state index is 0.0789. The molecule has 0 aliphatic rings. The molecule has 17 heavy (non-hydrogen) atoms. The largest absolute Gasteiger partial charge is 0.214 e. The Hall–Kier alpha value is -1.38. The summed E-state index contributed by atoms with van der Waals surface area (Å²) in [5, 5.41) is 8.95. The third-order valence-electron chi connectivity index (χ3n) is 2.60. The van der Waals surface area contributed by atoms with Gasteiger partial charge in [-0.15, -0.1) is 0 Å². The van der Waals surface area contributed by atoms with Crippen LogP contribution in [-0.4, -0.2) is 25.0 Å². The zero-order valence-corrected chi connectivity index (χ0v) is 10.9. The van der Waals surface area contributed by atoms with E-state index in [1.807, 2.05) is 6.07 Å². The Balaban J connectivity index is 3.01. The van der Waals surface area contributed by atoms with Crippen LogP contribution in [0.25, 0.3) is 0 Å². The Kier molecular flexibility index (Phi) is 4.67. The van der Waals surface area contributed by atoms with Crippen LogP contribution in [0.15, 0.2) is 24.3 Å². The van der Waals surface area contributed by atoms with Crippen LogP contribution in [0.3, 0.4) is 0 Å². The molecule has 92 valence electrons. The molecule has 5 heteroatoms. The van der Waals surface area contributed by atoms with Crippen molar-refractivity contribution in [3.05, 3.63) is 35.4 Å². The maximum atomic E-state index is 11.8. The summed E-state index contributed by atoms with van der Waals surface area (Å²) in [5.41, 5.74) is 1.27. The molecule has 0 saturated carbocycles. The van der Waals surface area contributed by atoms with Gasteiger partial charge in [-0.3, -0.25) is 0 Å². The summed E-state index contributed by atoms with van der Waals surface area (Å²) < 4.78 is 24.9. The Morgan fingerprint density at radius 1 is 1.29 bits per heavy atom. The molecule has 0 radical (unpaired) electrons. The summed E-state index contributed by atoms with van der Waals surface area (Å²) in [6.45, 7) is 4.09. The van der Waals surface area contributed by atoms with Crippen molar-refractivity contribution >= 4 is 10.0 Å². The maximum Gasteiger partial charge on any atom is 0.214 e. The van der Waals surface area contributed by atoms with E-state index in [9.17, 15) is 8.42 Å². The summed E-state index contributed by atoms with van der Waals surface area (Å²) in [5.74, 6) is 0.0789. The van der Waals surface area contributed by atoms with E-state index in [2.05, 4.69) is 6.07 Å². The predicted molar refractivity (Wildman–Crippen MR) is 66.7 cm³/mol. The van der Waals surface area contributed by atoms with E-state index in [-0.39, 0.29) is 12.3 Å². The molecule has 0 aliphatic heterocycles. The minimum Gasteiger partial charge on any atom is -0.212 e. The van der Waals surface area contributed by atoms with Crippen molar-refractivity contribution in [3.8, 4) is 6.07 Å². The topological polar surface area (TPSA) is 61.2 Å². The van der Waals surface area contributed by atoms with E-state index in [0.717, 1.165) is 5.56 Å². The van der Waals surface area contributed by atoms with Gasteiger partial charge in [0, 0.05) is 13.1 Å². The van der Waals surface area contributed by atoms with Gasteiger partial charge in [0.2, 0.25) is 10.0 Å². The predicted octanol–water partition coefficient (Wildman–Crippen LogP) is 1.73. The molecular formula is C12H16N2O2S. The number of rotatable bonds is 5. The van der Waals surface area contributed by atoms with E-state index in [1.54, 1.807) is 32.0 Å². The van der Waals surface area contributed by atoms with Crippen LogP contribution in [0.4, 0.5) is 0 Å². The molecule has 0 bridgehead atoms. The van der Waals surface area contributed by atoms with Gasteiger partial charge < -0.3 is 0 Å². The van der Waals surface area contributed by atoms with Crippen LogP contribution in [0.5, 0.6) is 0 Å².